The van der Waals surface area contributed by atoms with Gasteiger partial charge in [-0.3, -0.25) is 4.79 Å². The maximum absolute atomic E-state index is 12.2. The molecule has 1 fully saturated rings. The zero-order valence-electron chi connectivity index (χ0n) is 27.6. The summed E-state index contributed by atoms with van der Waals surface area (Å²) in [5.74, 6) is 1.42. The number of benzene rings is 2. The van der Waals surface area contributed by atoms with Crippen molar-refractivity contribution in [1.29, 1.82) is 0 Å². The minimum absolute atomic E-state index is 0.0101. The smallest absolute Gasteiger partial charge is 0.335 e. The Labute approximate surface area is 268 Å². The SMILES string of the molecule is C=C(CO)C(=O)OCCOc1cc(OCCOC(=O)C(C)(C)CO)cc(-c2ccc(C3CCC(CCCCC)CC3)cc2)c1C. The van der Waals surface area contributed by atoms with Crippen molar-refractivity contribution in [3.8, 4) is 22.6 Å². The Bertz CT molecular complexity index is 1240. The molecule has 8 nitrogen and oxygen atoms in total. The van der Waals surface area contributed by atoms with E-state index in [1.165, 1.54) is 56.9 Å². The minimum Gasteiger partial charge on any atom is -0.490 e. The summed E-state index contributed by atoms with van der Waals surface area (Å²) < 4.78 is 22.4. The van der Waals surface area contributed by atoms with Gasteiger partial charge >= 0.3 is 11.9 Å². The van der Waals surface area contributed by atoms with Gasteiger partial charge in [-0.05, 0) is 86.6 Å². The van der Waals surface area contributed by atoms with Crippen LogP contribution in [0.5, 0.6) is 11.5 Å². The highest BCUT2D eigenvalue weighted by Crippen LogP contribution is 2.40. The van der Waals surface area contributed by atoms with Gasteiger partial charge in [-0.25, -0.2) is 4.79 Å². The molecule has 1 saturated carbocycles. The zero-order valence-corrected chi connectivity index (χ0v) is 27.6. The largest absolute Gasteiger partial charge is 0.490 e. The fraction of sp³-hybridized carbons (Fsp3) is 0.568. The molecule has 0 saturated heterocycles. The summed E-state index contributed by atoms with van der Waals surface area (Å²) in [4.78, 5) is 24.0. The van der Waals surface area contributed by atoms with Gasteiger partial charge in [0.2, 0.25) is 0 Å². The third-order valence-electron chi connectivity index (χ3n) is 8.68. The van der Waals surface area contributed by atoms with E-state index in [1.54, 1.807) is 19.9 Å². The molecule has 0 heterocycles. The molecular formula is C37H52O8. The number of rotatable bonds is 18. The van der Waals surface area contributed by atoms with Crippen molar-refractivity contribution in [2.24, 2.45) is 11.3 Å². The van der Waals surface area contributed by atoms with Crippen molar-refractivity contribution in [2.45, 2.75) is 85.0 Å². The maximum atomic E-state index is 12.2. The van der Waals surface area contributed by atoms with Crippen LogP contribution >= 0.6 is 0 Å². The standard InChI is InChI=1S/C37H52O8/c1-6-7-8-9-28-10-12-29(13-11-28)30-14-16-31(17-15-30)33-22-32(42-18-21-45-36(41)37(4,5)25-39)23-34(27(33)3)43-19-20-44-35(40)26(2)24-38/h14-17,22-23,28-29,38-39H,2,6-13,18-21,24-25H2,1,3-5H3. The molecule has 0 aliphatic heterocycles. The van der Waals surface area contributed by atoms with E-state index >= 15 is 0 Å². The zero-order chi connectivity index (χ0) is 32.8. The highest BCUT2D eigenvalue weighted by Gasteiger charge is 2.28. The Balaban J connectivity index is 1.71. The highest BCUT2D eigenvalue weighted by molar-refractivity contribution is 5.87. The highest BCUT2D eigenvalue weighted by atomic mass is 16.6. The number of carbonyl (C=O) groups excluding carboxylic acids is 2. The Hall–Kier alpha value is -3.36. The Morgan fingerprint density at radius 2 is 1.58 bits per heavy atom. The molecule has 0 atom stereocenters. The lowest BCUT2D eigenvalue weighted by atomic mass is 9.77. The molecule has 1 aliphatic rings. The lowest BCUT2D eigenvalue weighted by Gasteiger charge is -2.29. The van der Waals surface area contributed by atoms with Crippen LogP contribution in [0.25, 0.3) is 11.1 Å². The first-order valence-electron chi connectivity index (χ1n) is 16.3. The Morgan fingerprint density at radius 1 is 0.911 bits per heavy atom. The number of unbranched alkanes of at least 4 members (excludes halogenated alkanes) is 2. The second-order valence-corrected chi connectivity index (χ2v) is 12.7. The quantitative estimate of drug-likeness (QED) is 0.104. The normalized spacial score (nSPS) is 16.6. The van der Waals surface area contributed by atoms with Gasteiger partial charge in [-0.15, -0.1) is 0 Å². The van der Waals surface area contributed by atoms with Crippen LogP contribution in [0.15, 0.2) is 48.6 Å². The first-order chi connectivity index (χ1) is 21.6. The van der Waals surface area contributed by atoms with Crippen molar-refractivity contribution >= 4 is 11.9 Å². The van der Waals surface area contributed by atoms with Crippen LogP contribution < -0.4 is 9.47 Å². The average Bonchev–Trinajstić information content (AvgIpc) is 3.06. The second-order valence-electron chi connectivity index (χ2n) is 12.7. The fourth-order valence-corrected chi connectivity index (χ4v) is 5.60. The first-order valence-corrected chi connectivity index (χ1v) is 16.3. The molecule has 0 bridgehead atoms. The van der Waals surface area contributed by atoms with Crippen molar-refractivity contribution in [3.63, 3.8) is 0 Å². The summed E-state index contributed by atoms with van der Waals surface area (Å²) in [6, 6.07) is 12.5. The number of aliphatic hydroxyl groups excluding tert-OH is 2. The van der Waals surface area contributed by atoms with Crippen LogP contribution in [-0.2, 0) is 19.1 Å². The van der Waals surface area contributed by atoms with Crippen LogP contribution in [-0.4, -0.2) is 61.8 Å². The van der Waals surface area contributed by atoms with E-state index in [4.69, 9.17) is 24.1 Å². The van der Waals surface area contributed by atoms with Crippen LogP contribution in [0.3, 0.4) is 0 Å². The van der Waals surface area contributed by atoms with Crippen molar-refractivity contribution < 1.29 is 38.7 Å². The maximum Gasteiger partial charge on any atom is 0.335 e. The van der Waals surface area contributed by atoms with Crippen molar-refractivity contribution in [1.82, 2.24) is 0 Å². The van der Waals surface area contributed by atoms with Gasteiger partial charge in [0, 0.05) is 6.07 Å². The Morgan fingerprint density at radius 3 is 2.22 bits per heavy atom. The van der Waals surface area contributed by atoms with Gasteiger partial charge in [0.25, 0.3) is 0 Å². The molecule has 0 unspecified atom stereocenters. The van der Waals surface area contributed by atoms with Gasteiger partial charge in [0.15, 0.2) is 0 Å². The first kappa shape index (κ1) is 36.1. The predicted octanol–water partition coefficient (Wildman–Crippen LogP) is 6.93. The molecule has 8 heteroatoms. The minimum atomic E-state index is -0.981. The lowest BCUT2D eigenvalue weighted by molar-refractivity contribution is -0.156. The van der Waals surface area contributed by atoms with E-state index in [1.807, 2.05) is 13.0 Å². The molecule has 0 aromatic heterocycles. The predicted molar refractivity (Wildman–Crippen MR) is 175 cm³/mol. The van der Waals surface area contributed by atoms with Crippen LogP contribution in [0.4, 0.5) is 0 Å². The van der Waals surface area contributed by atoms with Gasteiger partial charge < -0.3 is 29.2 Å². The molecule has 0 radical (unpaired) electrons. The summed E-state index contributed by atoms with van der Waals surface area (Å²) in [6.07, 6.45) is 10.4. The second kappa shape index (κ2) is 18.0. The van der Waals surface area contributed by atoms with Crippen LogP contribution in [0, 0.1) is 18.3 Å². The molecule has 2 aromatic carbocycles. The average molecular weight is 625 g/mol. The van der Waals surface area contributed by atoms with Gasteiger partial charge in [0.05, 0.1) is 24.2 Å². The Kier molecular flexibility index (Phi) is 14.4. The third-order valence-corrected chi connectivity index (χ3v) is 8.68. The lowest BCUT2D eigenvalue weighted by Crippen LogP contribution is -2.31. The van der Waals surface area contributed by atoms with Crippen molar-refractivity contribution in [2.75, 3.05) is 39.6 Å². The number of carbonyl (C=O) groups is 2. The monoisotopic (exact) mass is 624 g/mol. The molecule has 1 aliphatic carbocycles. The number of hydrogen-bond acceptors (Lipinski definition) is 8. The molecule has 3 rings (SSSR count). The van der Waals surface area contributed by atoms with E-state index < -0.39 is 24.0 Å². The summed E-state index contributed by atoms with van der Waals surface area (Å²) in [5, 5.41) is 18.5. The summed E-state index contributed by atoms with van der Waals surface area (Å²) in [6.45, 7) is 10.4. The molecule has 0 amide bonds. The van der Waals surface area contributed by atoms with Gasteiger partial charge in [-0.2, -0.15) is 0 Å². The molecule has 0 spiro atoms. The summed E-state index contributed by atoms with van der Waals surface area (Å²) in [5.41, 5.74) is 3.26. The molecular weight excluding hydrogens is 572 g/mol. The molecule has 248 valence electrons. The van der Waals surface area contributed by atoms with E-state index in [2.05, 4.69) is 37.8 Å². The van der Waals surface area contributed by atoms with Crippen LogP contribution in [0.2, 0.25) is 0 Å². The fourth-order valence-electron chi connectivity index (χ4n) is 5.60. The number of hydrogen-bond donors (Lipinski definition) is 2. The van der Waals surface area contributed by atoms with Gasteiger partial charge in [0.1, 0.15) is 37.9 Å². The molecule has 45 heavy (non-hydrogen) atoms. The summed E-state index contributed by atoms with van der Waals surface area (Å²) in [7, 11) is 0. The van der Waals surface area contributed by atoms with E-state index in [9.17, 15) is 14.7 Å². The van der Waals surface area contributed by atoms with Crippen LogP contribution in [0.1, 0.15) is 89.2 Å². The van der Waals surface area contributed by atoms with E-state index in [0.717, 1.165) is 22.6 Å². The van der Waals surface area contributed by atoms with E-state index in [-0.39, 0.29) is 38.6 Å². The van der Waals surface area contributed by atoms with E-state index in [0.29, 0.717) is 17.4 Å². The molecule has 2 N–H and O–H groups in total. The number of aliphatic hydroxyl groups is 2. The molecule has 2 aromatic rings. The topological polar surface area (TPSA) is 112 Å². The van der Waals surface area contributed by atoms with Crippen molar-refractivity contribution in [3.05, 3.63) is 59.7 Å². The number of esters is 2. The number of ether oxygens (including phenoxy) is 4. The van der Waals surface area contributed by atoms with Gasteiger partial charge in [-0.1, -0.05) is 63.5 Å². The third kappa shape index (κ3) is 10.9. The summed E-state index contributed by atoms with van der Waals surface area (Å²) >= 11 is 0.